The minimum atomic E-state index is -0.445. The Morgan fingerprint density at radius 2 is 1.94 bits per heavy atom. The third kappa shape index (κ3) is 4.08. The first-order valence-electron chi connectivity index (χ1n) is 9.22. The summed E-state index contributed by atoms with van der Waals surface area (Å²) >= 11 is 6.04. The third-order valence-electron chi connectivity index (χ3n) is 4.60. The first-order chi connectivity index (χ1) is 15.0. The molecule has 9 nitrogen and oxygen atoms in total. The molecule has 31 heavy (non-hydrogen) atoms. The highest BCUT2D eigenvalue weighted by atomic mass is 35.5. The summed E-state index contributed by atoms with van der Waals surface area (Å²) in [4.78, 5) is 29.6. The second-order valence-electron chi connectivity index (χ2n) is 6.59. The molecule has 0 aliphatic heterocycles. The van der Waals surface area contributed by atoms with Gasteiger partial charge in [-0.1, -0.05) is 23.7 Å². The summed E-state index contributed by atoms with van der Waals surface area (Å²) in [6.07, 6.45) is 2.69. The summed E-state index contributed by atoms with van der Waals surface area (Å²) < 4.78 is 13.0. The Morgan fingerprint density at radius 1 is 1.13 bits per heavy atom. The van der Waals surface area contributed by atoms with E-state index in [4.69, 9.17) is 21.1 Å². The number of ether oxygens (including phenoxy) is 2. The van der Waals surface area contributed by atoms with E-state index >= 15 is 0 Å². The van der Waals surface area contributed by atoms with Crippen LogP contribution in [0.1, 0.15) is 5.56 Å². The fourth-order valence-electron chi connectivity index (χ4n) is 3.14. The number of methoxy groups -OCH3 is 2. The summed E-state index contributed by atoms with van der Waals surface area (Å²) in [5.41, 5.74) is 3.83. The van der Waals surface area contributed by atoms with E-state index in [1.54, 1.807) is 42.5 Å². The highest BCUT2D eigenvalue weighted by Gasteiger charge is 2.14. The highest BCUT2D eigenvalue weighted by molar-refractivity contribution is 6.30. The van der Waals surface area contributed by atoms with E-state index in [0.29, 0.717) is 33.4 Å². The Balaban J connectivity index is 1.57. The van der Waals surface area contributed by atoms with Crippen LogP contribution >= 0.6 is 11.6 Å². The van der Waals surface area contributed by atoms with Crippen molar-refractivity contribution in [1.82, 2.24) is 19.4 Å². The van der Waals surface area contributed by atoms with Crippen LogP contribution in [0.2, 0.25) is 5.02 Å². The van der Waals surface area contributed by atoms with Crippen molar-refractivity contribution >= 4 is 28.5 Å². The van der Waals surface area contributed by atoms with E-state index in [1.807, 2.05) is 0 Å². The smallest absolute Gasteiger partial charge is 0.283 e. The van der Waals surface area contributed by atoms with Gasteiger partial charge in [-0.15, -0.1) is 0 Å². The number of amides is 1. The van der Waals surface area contributed by atoms with E-state index in [-0.39, 0.29) is 11.8 Å². The SMILES string of the molecule is COc1ccc(CC(=O)Nn2cnc3c(cnn3-c3cccc(Cl)c3)c2=O)cc1OC. The molecule has 10 heteroatoms. The number of carbonyl (C=O) groups excluding carboxylic acids is 1. The van der Waals surface area contributed by atoms with Gasteiger partial charge >= 0.3 is 0 Å². The molecule has 4 rings (SSSR count). The van der Waals surface area contributed by atoms with Crippen LogP contribution < -0.4 is 20.5 Å². The zero-order valence-corrected chi connectivity index (χ0v) is 17.5. The van der Waals surface area contributed by atoms with E-state index in [0.717, 1.165) is 4.68 Å². The lowest BCUT2D eigenvalue weighted by atomic mass is 10.1. The molecule has 0 fully saturated rings. The van der Waals surface area contributed by atoms with Crippen LogP contribution in [0.3, 0.4) is 0 Å². The topological polar surface area (TPSA) is 100 Å². The number of hydrogen-bond acceptors (Lipinski definition) is 6. The van der Waals surface area contributed by atoms with Crippen LogP contribution in [-0.2, 0) is 11.2 Å². The molecule has 0 aliphatic carbocycles. The average Bonchev–Trinajstić information content (AvgIpc) is 3.20. The third-order valence-corrected chi connectivity index (χ3v) is 4.83. The van der Waals surface area contributed by atoms with E-state index in [9.17, 15) is 9.59 Å². The number of benzene rings is 2. The fraction of sp³-hybridized carbons (Fsp3) is 0.143. The normalized spacial score (nSPS) is 10.8. The van der Waals surface area contributed by atoms with Gasteiger partial charge in [-0.3, -0.25) is 15.0 Å². The van der Waals surface area contributed by atoms with E-state index in [1.165, 1.54) is 31.4 Å². The lowest BCUT2D eigenvalue weighted by Crippen LogP contribution is -2.34. The number of fused-ring (bicyclic) bond motifs is 1. The lowest BCUT2D eigenvalue weighted by molar-refractivity contribution is -0.116. The molecule has 0 bridgehead atoms. The molecule has 158 valence electrons. The van der Waals surface area contributed by atoms with Gasteiger partial charge in [-0.2, -0.15) is 5.10 Å². The Kier molecular flexibility index (Phi) is 5.59. The molecule has 0 atom stereocenters. The molecule has 1 amide bonds. The van der Waals surface area contributed by atoms with Crippen LogP contribution in [0, 0.1) is 0 Å². The molecule has 2 aromatic carbocycles. The summed E-state index contributed by atoms with van der Waals surface area (Å²) in [5.74, 6) is 0.688. The van der Waals surface area contributed by atoms with Crippen molar-refractivity contribution in [3.8, 4) is 17.2 Å². The summed E-state index contributed by atoms with van der Waals surface area (Å²) in [5, 5.41) is 5.03. The molecule has 0 saturated carbocycles. The lowest BCUT2D eigenvalue weighted by Gasteiger charge is -2.11. The van der Waals surface area contributed by atoms with E-state index in [2.05, 4.69) is 15.5 Å². The molecule has 4 aromatic rings. The number of nitrogens with zero attached hydrogens (tertiary/aromatic N) is 4. The van der Waals surface area contributed by atoms with Gasteiger partial charge in [0.2, 0.25) is 5.91 Å². The summed E-state index contributed by atoms with van der Waals surface area (Å²) in [6, 6.07) is 12.2. The van der Waals surface area contributed by atoms with Crippen molar-refractivity contribution in [1.29, 1.82) is 0 Å². The van der Waals surface area contributed by atoms with Gasteiger partial charge in [-0.25, -0.2) is 14.3 Å². The second kappa shape index (κ2) is 8.49. The van der Waals surface area contributed by atoms with Crippen LogP contribution in [0.25, 0.3) is 16.7 Å². The van der Waals surface area contributed by atoms with Gasteiger partial charge < -0.3 is 9.47 Å². The van der Waals surface area contributed by atoms with Gasteiger partial charge in [0.25, 0.3) is 5.56 Å². The number of halogens is 1. The Hall–Kier alpha value is -3.85. The van der Waals surface area contributed by atoms with Crippen molar-refractivity contribution < 1.29 is 14.3 Å². The fourth-order valence-corrected chi connectivity index (χ4v) is 3.32. The molecule has 0 unspecified atom stereocenters. The Morgan fingerprint density at radius 3 is 2.68 bits per heavy atom. The largest absolute Gasteiger partial charge is 0.493 e. The predicted octanol–water partition coefficient (Wildman–Crippen LogP) is 2.57. The predicted molar refractivity (Wildman–Crippen MR) is 116 cm³/mol. The Bertz CT molecular complexity index is 1330. The zero-order chi connectivity index (χ0) is 22.0. The van der Waals surface area contributed by atoms with E-state index < -0.39 is 11.5 Å². The maximum absolute atomic E-state index is 12.8. The minimum Gasteiger partial charge on any atom is -0.493 e. The molecule has 0 spiro atoms. The van der Waals surface area contributed by atoms with Gasteiger partial charge in [-0.05, 0) is 35.9 Å². The molecule has 1 N–H and O–H groups in total. The van der Waals surface area contributed by atoms with Crippen LogP contribution in [0.5, 0.6) is 11.5 Å². The van der Waals surface area contributed by atoms with Gasteiger partial charge in [0.1, 0.15) is 11.7 Å². The number of nitrogens with one attached hydrogen (secondary N) is 1. The molecule has 0 radical (unpaired) electrons. The molecular weight excluding hydrogens is 422 g/mol. The molecule has 2 heterocycles. The first-order valence-corrected chi connectivity index (χ1v) is 9.60. The number of aromatic nitrogens is 4. The molecular formula is C21H18ClN5O4. The highest BCUT2D eigenvalue weighted by Crippen LogP contribution is 2.27. The standard InChI is InChI=1S/C21H18ClN5O4/c1-30-17-7-6-13(8-18(17)31-2)9-19(28)25-26-12-23-20-16(21(26)29)11-24-27(20)15-5-3-4-14(22)10-15/h3-8,10-12H,9H2,1-2H3,(H,25,28). The van der Waals surface area contributed by atoms with Crippen molar-refractivity contribution in [2.45, 2.75) is 6.42 Å². The zero-order valence-electron chi connectivity index (χ0n) is 16.7. The van der Waals surface area contributed by atoms with Crippen LogP contribution in [0.4, 0.5) is 0 Å². The Labute approximate surface area is 181 Å². The molecule has 2 aromatic heterocycles. The van der Waals surface area contributed by atoms with Crippen LogP contribution in [0.15, 0.2) is 59.8 Å². The summed E-state index contributed by atoms with van der Waals surface area (Å²) in [6.45, 7) is 0. The van der Waals surface area contributed by atoms with Gasteiger partial charge in [0, 0.05) is 5.02 Å². The maximum atomic E-state index is 12.8. The first kappa shape index (κ1) is 20.4. The summed E-state index contributed by atoms with van der Waals surface area (Å²) in [7, 11) is 3.06. The van der Waals surface area contributed by atoms with Gasteiger partial charge in [0.15, 0.2) is 17.1 Å². The minimum absolute atomic E-state index is 0.0343. The van der Waals surface area contributed by atoms with Gasteiger partial charge in [0.05, 0.1) is 32.5 Å². The molecule has 0 aliphatic rings. The van der Waals surface area contributed by atoms with Crippen molar-refractivity contribution in [3.63, 3.8) is 0 Å². The molecule has 0 saturated heterocycles. The van der Waals surface area contributed by atoms with Crippen LogP contribution in [-0.4, -0.2) is 39.6 Å². The number of hydrogen-bond donors (Lipinski definition) is 1. The van der Waals surface area contributed by atoms with Crippen molar-refractivity contribution in [2.24, 2.45) is 0 Å². The second-order valence-corrected chi connectivity index (χ2v) is 7.03. The number of rotatable bonds is 6. The maximum Gasteiger partial charge on any atom is 0.283 e. The number of carbonyl (C=O) groups is 1. The monoisotopic (exact) mass is 439 g/mol. The quantitative estimate of drug-likeness (QED) is 0.495. The van der Waals surface area contributed by atoms with Crippen molar-refractivity contribution in [2.75, 3.05) is 19.6 Å². The average molecular weight is 440 g/mol. The van der Waals surface area contributed by atoms with Crippen molar-refractivity contribution in [3.05, 3.63) is 75.9 Å².